The predicted molar refractivity (Wildman–Crippen MR) is 71.3 cm³/mol. The second-order valence-corrected chi connectivity index (χ2v) is 5.04. The molecular formula is C14H10BrF4N. The lowest BCUT2D eigenvalue weighted by atomic mass is 9.98. The summed E-state index contributed by atoms with van der Waals surface area (Å²) in [5.41, 5.74) is 0.468. The van der Waals surface area contributed by atoms with Gasteiger partial charge in [0, 0.05) is 11.6 Å². The fraction of sp³-hybridized carbons (Fsp3) is 0.143. The Labute approximate surface area is 121 Å². The summed E-state index contributed by atoms with van der Waals surface area (Å²) >= 11 is 3.03. The highest BCUT2D eigenvalue weighted by molar-refractivity contribution is 9.10. The Balaban J connectivity index is 2.52. The van der Waals surface area contributed by atoms with E-state index in [1.807, 2.05) is 0 Å². The first-order valence-electron chi connectivity index (χ1n) is 5.70. The predicted octanol–water partition coefficient (Wildman–Crippen LogP) is 4.31. The minimum atomic E-state index is -1.25. The van der Waals surface area contributed by atoms with Crippen molar-refractivity contribution >= 4 is 15.9 Å². The zero-order valence-corrected chi connectivity index (χ0v) is 11.9. The molecule has 0 spiro atoms. The van der Waals surface area contributed by atoms with Gasteiger partial charge in [-0.3, -0.25) is 0 Å². The first-order valence-corrected chi connectivity index (χ1v) is 6.50. The minimum absolute atomic E-state index is 0.0510. The van der Waals surface area contributed by atoms with Crippen LogP contribution in [0.5, 0.6) is 0 Å². The van der Waals surface area contributed by atoms with Gasteiger partial charge in [0.15, 0.2) is 11.6 Å². The molecule has 106 valence electrons. The van der Waals surface area contributed by atoms with Gasteiger partial charge in [0.1, 0.15) is 11.6 Å². The van der Waals surface area contributed by atoms with E-state index in [1.54, 1.807) is 7.05 Å². The van der Waals surface area contributed by atoms with Crippen molar-refractivity contribution in [2.24, 2.45) is 0 Å². The maximum atomic E-state index is 13.8. The second kappa shape index (κ2) is 5.93. The fourth-order valence-corrected chi connectivity index (χ4v) is 2.35. The van der Waals surface area contributed by atoms with Crippen LogP contribution < -0.4 is 5.32 Å². The third-order valence-corrected chi connectivity index (χ3v) is 3.52. The molecule has 1 nitrogen and oxygen atoms in total. The smallest absolute Gasteiger partial charge is 0.161 e. The van der Waals surface area contributed by atoms with Gasteiger partial charge < -0.3 is 5.32 Å². The van der Waals surface area contributed by atoms with E-state index in [-0.39, 0.29) is 10.0 Å². The molecule has 2 aromatic carbocycles. The summed E-state index contributed by atoms with van der Waals surface area (Å²) < 4.78 is 53.5. The maximum Gasteiger partial charge on any atom is 0.161 e. The van der Waals surface area contributed by atoms with Crippen molar-refractivity contribution in [2.45, 2.75) is 6.04 Å². The van der Waals surface area contributed by atoms with Crippen LogP contribution in [-0.2, 0) is 0 Å². The molecule has 2 aromatic rings. The molecule has 20 heavy (non-hydrogen) atoms. The van der Waals surface area contributed by atoms with Gasteiger partial charge in [-0.05, 0) is 46.7 Å². The summed E-state index contributed by atoms with van der Waals surface area (Å²) in [6.07, 6.45) is 0. The van der Waals surface area contributed by atoms with Gasteiger partial charge in [-0.25, -0.2) is 17.6 Å². The fourth-order valence-electron chi connectivity index (χ4n) is 1.95. The van der Waals surface area contributed by atoms with Crippen LogP contribution in [0.2, 0.25) is 0 Å². The summed E-state index contributed by atoms with van der Waals surface area (Å²) in [4.78, 5) is 0. The molecule has 0 bridgehead atoms. The van der Waals surface area contributed by atoms with Crippen LogP contribution in [0.1, 0.15) is 17.2 Å². The van der Waals surface area contributed by atoms with E-state index in [9.17, 15) is 17.6 Å². The van der Waals surface area contributed by atoms with Crippen LogP contribution in [0, 0.1) is 23.3 Å². The minimum Gasteiger partial charge on any atom is -0.309 e. The zero-order valence-electron chi connectivity index (χ0n) is 10.4. The van der Waals surface area contributed by atoms with Crippen molar-refractivity contribution in [3.05, 3.63) is 69.2 Å². The van der Waals surface area contributed by atoms with Crippen molar-refractivity contribution < 1.29 is 17.6 Å². The standard InChI is InChI=1S/C14H10BrF4N/c1-20-14(7-2-3-10(16)9(15)4-7)8-5-12(18)13(19)6-11(8)17/h2-6,14,20H,1H3. The van der Waals surface area contributed by atoms with Crippen LogP contribution in [0.15, 0.2) is 34.8 Å². The molecule has 0 saturated heterocycles. The van der Waals surface area contributed by atoms with Crippen LogP contribution in [-0.4, -0.2) is 7.05 Å². The van der Waals surface area contributed by atoms with Gasteiger partial charge in [-0.15, -0.1) is 0 Å². The Morgan fingerprint density at radius 3 is 2.15 bits per heavy atom. The molecule has 0 aliphatic rings. The van der Waals surface area contributed by atoms with Crippen molar-refractivity contribution in [3.8, 4) is 0 Å². The Hall–Kier alpha value is -1.40. The largest absolute Gasteiger partial charge is 0.309 e. The highest BCUT2D eigenvalue weighted by atomic mass is 79.9. The zero-order chi connectivity index (χ0) is 14.9. The summed E-state index contributed by atoms with van der Waals surface area (Å²) in [6.45, 7) is 0. The molecule has 0 aliphatic heterocycles. The number of hydrogen-bond acceptors (Lipinski definition) is 1. The molecule has 0 heterocycles. The third-order valence-electron chi connectivity index (χ3n) is 2.92. The highest BCUT2D eigenvalue weighted by Crippen LogP contribution is 2.28. The van der Waals surface area contributed by atoms with Crippen molar-refractivity contribution in [2.75, 3.05) is 7.05 Å². The van der Waals surface area contributed by atoms with Crippen LogP contribution in [0.25, 0.3) is 0 Å². The van der Waals surface area contributed by atoms with E-state index >= 15 is 0 Å². The maximum absolute atomic E-state index is 13.8. The average Bonchev–Trinajstić information content (AvgIpc) is 2.40. The number of hydrogen-bond donors (Lipinski definition) is 1. The topological polar surface area (TPSA) is 12.0 Å². The lowest BCUT2D eigenvalue weighted by molar-refractivity contribution is 0.483. The Morgan fingerprint density at radius 2 is 1.55 bits per heavy atom. The molecule has 0 saturated carbocycles. The van der Waals surface area contributed by atoms with Crippen molar-refractivity contribution in [3.63, 3.8) is 0 Å². The van der Waals surface area contributed by atoms with Crippen LogP contribution in [0.4, 0.5) is 17.6 Å². The summed E-state index contributed by atoms with van der Waals surface area (Å²) in [5, 5.41) is 2.80. The molecule has 2 rings (SSSR count). The number of rotatable bonds is 3. The van der Waals surface area contributed by atoms with Crippen LogP contribution >= 0.6 is 15.9 Å². The summed E-state index contributed by atoms with van der Waals surface area (Å²) in [7, 11) is 1.54. The molecule has 1 unspecified atom stereocenters. The molecule has 1 N–H and O–H groups in total. The normalized spacial score (nSPS) is 12.5. The molecule has 1 atom stereocenters. The van der Waals surface area contributed by atoms with E-state index in [4.69, 9.17) is 0 Å². The molecule has 0 fully saturated rings. The molecule has 0 radical (unpaired) electrons. The molecule has 0 aliphatic carbocycles. The second-order valence-electron chi connectivity index (χ2n) is 4.18. The lowest BCUT2D eigenvalue weighted by Gasteiger charge is -2.18. The average molecular weight is 348 g/mol. The SMILES string of the molecule is CNC(c1ccc(F)c(Br)c1)c1cc(F)c(F)cc1F. The summed E-state index contributed by atoms with van der Waals surface area (Å²) in [6, 6.07) is 4.68. The third kappa shape index (κ3) is 2.86. The number of benzene rings is 2. The Bertz CT molecular complexity index is 645. The molecular weight excluding hydrogens is 338 g/mol. The van der Waals surface area contributed by atoms with Crippen molar-refractivity contribution in [1.29, 1.82) is 0 Å². The molecule has 0 amide bonds. The van der Waals surface area contributed by atoms with Gasteiger partial charge in [-0.1, -0.05) is 6.07 Å². The van der Waals surface area contributed by atoms with Gasteiger partial charge in [0.05, 0.1) is 10.5 Å². The van der Waals surface area contributed by atoms with E-state index < -0.39 is 29.3 Å². The Kier molecular flexibility index (Phi) is 4.45. The van der Waals surface area contributed by atoms with Crippen LogP contribution in [0.3, 0.4) is 0 Å². The number of nitrogens with one attached hydrogen (secondary N) is 1. The molecule has 0 aromatic heterocycles. The number of halogens is 5. The highest BCUT2D eigenvalue weighted by Gasteiger charge is 2.20. The van der Waals surface area contributed by atoms with Gasteiger partial charge in [0.25, 0.3) is 0 Å². The van der Waals surface area contributed by atoms with Crippen molar-refractivity contribution in [1.82, 2.24) is 5.32 Å². The Morgan fingerprint density at radius 1 is 0.900 bits per heavy atom. The summed E-state index contributed by atoms with van der Waals surface area (Å²) in [5.74, 6) is -3.72. The van der Waals surface area contributed by atoms with E-state index in [1.165, 1.54) is 18.2 Å². The van der Waals surface area contributed by atoms with Gasteiger partial charge in [0.2, 0.25) is 0 Å². The van der Waals surface area contributed by atoms with Gasteiger partial charge >= 0.3 is 0 Å². The first kappa shape index (κ1) is 15.0. The first-order chi connectivity index (χ1) is 9.43. The molecule has 6 heteroatoms. The lowest BCUT2D eigenvalue weighted by Crippen LogP contribution is -2.19. The van der Waals surface area contributed by atoms with E-state index in [0.717, 1.165) is 6.07 Å². The van der Waals surface area contributed by atoms with E-state index in [2.05, 4.69) is 21.2 Å². The van der Waals surface area contributed by atoms with E-state index in [0.29, 0.717) is 11.6 Å². The monoisotopic (exact) mass is 347 g/mol. The quantitative estimate of drug-likeness (QED) is 0.644. The van der Waals surface area contributed by atoms with Gasteiger partial charge in [-0.2, -0.15) is 0 Å².